The minimum atomic E-state index is 0.341. The fourth-order valence-electron chi connectivity index (χ4n) is 2.07. The molecule has 1 aliphatic rings. The zero-order valence-corrected chi connectivity index (χ0v) is 6.89. The lowest BCUT2D eigenvalue weighted by Crippen LogP contribution is -2.45. The summed E-state index contributed by atoms with van der Waals surface area (Å²) in [7, 11) is 1.75. The summed E-state index contributed by atoms with van der Waals surface area (Å²) in [5.74, 6) is 0.860. The predicted octanol–water partition coefficient (Wildman–Crippen LogP) is 1.01. The highest BCUT2D eigenvalue weighted by atomic mass is 16.5. The number of rotatable bonds is 3. The molecule has 0 atom stereocenters. The average molecular weight is 143 g/mol. The van der Waals surface area contributed by atoms with Gasteiger partial charge in [-0.3, -0.25) is 0 Å². The standard InChI is InChI=1S/C8H17NO/c1-7-3-8(4-7,5-9)6-10-2/h7H,3-6,9H2,1-2H3. The molecule has 10 heavy (non-hydrogen) atoms. The number of methoxy groups -OCH3 is 1. The lowest BCUT2D eigenvalue weighted by molar-refractivity contribution is -0.0100. The molecule has 1 fully saturated rings. The Morgan fingerprint density at radius 2 is 2.20 bits per heavy atom. The maximum atomic E-state index is 5.64. The first-order chi connectivity index (χ1) is 4.72. The zero-order valence-electron chi connectivity index (χ0n) is 6.89. The van der Waals surface area contributed by atoms with Crippen LogP contribution in [0.5, 0.6) is 0 Å². The van der Waals surface area contributed by atoms with E-state index >= 15 is 0 Å². The van der Waals surface area contributed by atoms with Gasteiger partial charge in [0.2, 0.25) is 0 Å². The summed E-state index contributed by atoms with van der Waals surface area (Å²) in [4.78, 5) is 0. The summed E-state index contributed by atoms with van der Waals surface area (Å²) in [6, 6.07) is 0. The van der Waals surface area contributed by atoms with Crippen molar-refractivity contribution in [2.24, 2.45) is 17.1 Å². The van der Waals surface area contributed by atoms with E-state index in [1.54, 1.807) is 7.11 Å². The lowest BCUT2D eigenvalue weighted by atomic mass is 9.63. The van der Waals surface area contributed by atoms with Crippen LogP contribution in [-0.4, -0.2) is 20.3 Å². The second kappa shape index (κ2) is 2.89. The van der Waals surface area contributed by atoms with Crippen LogP contribution in [0.2, 0.25) is 0 Å². The third kappa shape index (κ3) is 1.32. The number of nitrogens with two attached hydrogens (primary N) is 1. The van der Waals surface area contributed by atoms with Gasteiger partial charge in [0.15, 0.2) is 0 Å². The fourth-order valence-corrected chi connectivity index (χ4v) is 2.07. The summed E-state index contributed by atoms with van der Waals surface area (Å²) >= 11 is 0. The van der Waals surface area contributed by atoms with E-state index in [-0.39, 0.29) is 0 Å². The van der Waals surface area contributed by atoms with Gasteiger partial charge < -0.3 is 10.5 Å². The van der Waals surface area contributed by atoms with Gasteiger partial charge in [-0.25, -0.2) is 0 Å². The van der Waals surface area contributed by atoms with Gasteiger partial charge in [-0.05, 0) is 18.8 Å². The van der Waals surface area contributed by atoms with Crippen molar-refractivity contribution >= 4 is 0 Å². The van der Waals surface area contributed by atoms with Crippen LogP contribution in [0.1, 0.15) is 19.8 Å². The monoisotopic (exact) mass is 143 g/mol. The summed E-state index contributed by atoms with van der Waals surface area (Å²) in [5.41, 5.74) is 5.98. The molecule has 0 bridgehead atoms. The van der Waals surface area contributed by atoms with Gasteiger partial charge >= 0.3 is 0 Å². The molecule has 0 saturated heterocycles. The maximum Gasteiger partial charge on any atom is 0.0530 e. The smallest absolute Gasteiger partial charge is 0.0530 e. The molecule has 1 rings (SSSR count). The van der Waals surface area contributed by atoms with Crippen LogP contribution in [0.4, 0.5) is 0 Å². The van der Waals surface area contributed by atoms with Crippen molar-refractivity contribution in [1.29, 1.82) is 0 Å². The SMILES string of the molecule is COCC1(CN)CC(C)C1. The number of ether oxygens (including phenoxy) is 1. The fraction of sp³-hybridized carbons (Fsp3) is 1.00. The van der Waals surface area contributed by atoms with Crippen molar-refractivity contribution in [3.63, 3.8) is 0 Å². The van der Waals surface area contributed by atoms with Gasteiger partial charge in [-0.2, -0.15) is 0 Å². The number of hydrogen-bond acceptors (Lipinski definition) is 2. The molecule has 1 aliphatic carbocycles. The summed E-state index contributed by atoms with van der Waals surface area (Å²) in [6.07, 6.45) is 2.49. The van der Waals surface area contributed by atoms with E-state index < -0.39 is 0 Å². The molecular weight excluding hydrogens is 126 g/mol. The quantitative estimate of drug-likeness (QED) is 0.640. The van der Waals surface area contributed by atoms with Crippen LogP contribution >= 0.6 is 0 Å². The molecule has 0 radical (unpaired) electrons. The van der Waals surface area contributed by atoms with E-state index in [4.69, 9.17) is 10.5 Å². The average Bonchev–Trinajstić information content (AvgIpc) is 1.84. The second-order valence-electron chi connectivity index (χ2n) is 3.65. The summed E-state index contributed by atoms with van der Waals surface area (Å²) < 4.78 is 5.11. The van der Waals surface area contributed by atoms with Crippen LogP contribution in [0.3, 0.4) is 0 Å². The Hall–Kier alpha value is -0.0800. The molecule has 0 aromatic carbocycles. The van der Waals surface area contributed by atoms with Gasteiger partial charge in [-0.15, -0.1) is 0 Å². The Morgan fingerprint density at radius 3 is 2.50 bits per heavy atom. The zero-order chi connectivity index (χ0) is 7.61. The van der Waals surface area contributed by atoms with E-state index in [2.05, 4.69) is 6.92 Å². The molecule has 1 saturated carbocycles. The molecular formula is C8H17NO. The van der Waals surface area contributed by atoms with Gasteiger partial charge in [0.1, 0.15) is 0 Å². The van der Waals surface area contributed by atoms with Gasteiger partial charge in [0, 0.05) is 19.1 Å². The molecule has 2 nitrogen and oxygen atoms in total. The Labute approximate surface area is 62.7 Å². The van der Waals surface area contributed by atoms with Crippen LogP contribution in [0.15, 0.2) is 0 Å². The Kier molecular flexibility index (Phi) is 2.32. The first-order valence-electron chi connectivity index (χ1n) is 3.91. The largest absolute Gasteiger partial charge is 0.384 e. The van der Waals surface area contributed by atoms with Crippen LogP contribution < -0.4 is 5.73 Å². The van der Waals surface area contributed by atoms with Gasteiger partial charge in [0.25, 0.3) is 0 Å². The Morgan fingerprint density at radius 1 is 1.60 bits per heavy atom. The number of hydrogen-bond donors (Lipinski definition) is 1. The lowest BCUT2D eigenvalue weighted by Gasteiger charge is -2.45. The summed E-state index contributed by atoms with van der Waals surface area (Å²) in [6.45, 7) is 3.89. The van der Waals surface area contributed by atoms with E-state index in [1.807, 2.05) is 0 Å². The maximum absolute atomic E-state index is 5.64. The molecule has 0 heterocycles. The molecule has 0 aromatic heterocycles. The minimum absolute atomic E-state index is 0.341. The van der Waals surface area contributed by atoms with Crippen molar-refractivity contribution in [1.82, 2.24) is 0 Å². The molecule has 0 aliphatic heterocycles. The highest BCUT2D eigenvalue weighted by Gasteiger charge is 2.40. The predicted molar refractivity (Wildman–Crippen MR) is 41.8 cm³/mol. The minimum Gasteiger partial charge on any atom is -0.384 e. The second-order valence-corrected chi connectivity index (χ2v) is 3.65. The molecule has 0 unspecified atom stereocenters. The first kappa shape index (κ1) is 8.02. The summed E-state index contributed by atoms with van der Waals surface area (Å²) in [5, 5.41) is 0. The van der Waals surface area contributed by atoms with Crippen molar-refractivity contribution < 1.29 is 4.74 Å². The Bertz CT molecular complexity index is 102. The van der Waals surface area contributed by atoms with Crippen LogP contribution in [-0.2, 0) is 4.74 Å². The van der Waals surface area contributed by atoms with Gasteiger partial charge in [0.05, 0.1) is 6.61 Å². The van der Waals surface area contributed by atoms with E-state index in [9.17, 15) is 0 Å². The van der Waals surface area contributed by atoms with Crippen molar-refractivity contribution in [2.75, 3.05) is 20.3 Å². The van der Waals surface area contributed by atoms with Crippen molar-refractivity contribution in [3.05, 3.63) is 0 Å². The molecule has 0 amide bonds. The van der Waals surface area contributed by atoms with Crippen LogP contribution in [0, 0.1) is 11.3 Å². The van der Waals surface area contributed by atoms with Crippen molar-refractivity contribution in [3.8, 4) is 0 Å². The topological polar surface area (TPSA) is 35.2 Å². The molecule has 60 valence electrons. The van der Waals surface area contributed by atoms with Gasteiger partial charge in [-0.1, -0.05) is 6.92 Å². The molecule has 2 heteroatoms. The van der Waals surface area contributed by atoms with Crippen molar-refractivity contribution in [2.45, 2.75) is 19.8 Å². The van der Waals surface area contributed by atoms with E-state index in [0.29, 0.717) is 5.41 Å². The third-order valence-electron chi connectivity index (χ3n) is 2.45. The third-order valence-corrected chi connectivity index (χ3v) is 2.45. The molecule has 2 N–H and O–H groups in total. The normalized spacial score (nSPS) is 39.3. The molecule has 0 aromatic rings. The first-order valence-corrected chi connectivity index (χ1v) is 3.91. The highest BCUT2D eigenvalue weighted by molar-refractivity contribution is 4.92. The molecule has 0 spiro atoms. The highest BCUT2D eigenvalue weighted by Crippen LogP contribution is 2.44. The van der Waals surface area contributed by atoms with E-state index in [0.717, 1.165) is 19.1 Å². The van der Waals surface area contributed by atoms with Crippen LogP contribution in [0.25, 0.3) is 0 Å². The Balaban J connectivity index is 2.32. The van der Waals surface area contributed by atoms with E-state index in [1.165, 1.54) is 12.8 Å².